The average Bonchev–Trinajstić information content (AvgIpc) is 2.66. The molecule has 24 heavy (non-hydrogen) atoms. The molecule has 0 atom stereocenters. The standard InChI is InChI=1S/C13H15N3O2S.CH4O3S/c1-19-10-2-3-11-9(7-10)6-8(4-5-18-11)12(17)16-13(14)15;1-5(2,3)4/h2-3,6-7H,4-5H2,1H3,(H4,14,15,16,17);1H3,(H,2,3,4). The van der Waals surface area contributed by atoms with Crippen LogP contribution < -0.4 is 16.2 Å². The van der Waals surface area contributed by atoms with Crippen molar-refractivity contribution in [1.29, 1.82) is 0 Å². The number of hydrogen-bond donors (Lipinski definition) is 3. The normalized spacial score (nSPS) is 13.2. The molecule has 2 rings (SSSR count). The van der Waals surface area contributed by atoms with Gasteiger partial charge in [0.25, 0.3) is 16.0 Å². The zero-order valence-corrected chi connectivity index (χ0v) is 14.9. The van der Waals surface area contributed by atoms with E-state index in [9.17, 15) is 13.2 Å². The number of carbonyl (C=O) groups excluding carboxylic acids is 1. The van der Waals surface area contributed by atoms with Gasteiger partial charge in [0.05, 0.1) is 12.9 Å². The Hall–Kier alpha value is -2.04. The molecule has 8 nitrogen and oxygen atoms in total. The van der Waals surface area contributed by atoms with Crippen LogP contribution in [0, 0.1) is 0 Å². The maximum absolute atomic E-state index is 11.8. The van der Waals surface area contributed by atoms with E-state index in [1.165, 1.54) is 0 Å². The van der Waals surface area contributed by atoms with Gasteiger partial charge in [-0.05, 0) is 30.5 Å². The molecule has 0 saturated heterocycles. The number of guanidine groups is 1. The molecule has 1 aliphatic rings. The lowest BCUT2D eigenvalue weighted by Crippen LogP contribution is -2.24. The van der Waals surface area contributed by atoms with Gasteiger partial charge in [0, 0.05) is 22.5 Å². The highest BCUT2D eigenvalue weighted by Gasteiger charge is 2.15. The molecule has 0 fully saturated rings. The molecule has 1 aliphatic heterocycles. The van der Waals surface area contributed by atoms with Crippen molar-refractivity contribution in [3.8, 4) is 5.75 Å². The van der Waals surface area contributed by atoms with Crippen molar-refractivity contribution in [2.45, 2.75) is 11.3 Å². The van der Waals surface area contributed by atoms with Gasteiger partial charge in [-0.1, -0.05) is 0 Å². The van der Waals surface area contributed by atoms with Gasteiger partial charge in [0.2, 0.25) is 0 Å². The molecular weight excluding hydrogens is 354 g/mol. The largest absolute Gasteiger partial charge is 0.493 e. The van der Waals surface area contributed by atoms with E-state index < -0.39 is 16.0 Å². The highest BCUT2D eigenvalue weighted by molar-refractivity contribution is 7.98. The van der Waals surface area contributed by atoms with Gasteiger partial charge in [-0.15, -0.1) is 11.8 Å². The van der Waals surface area contributed by atoms with Crippen LogP contribution in [0.25, 0.3) is 6.08 Å². The molecule has 132 valence electrons. The number of thioether (sulfide) groups is 1. The molecule has 0 saturated carbocycles. The predicted octanol–water partition coefficient (Wildman–Crippen LogP) is 0.878. The van der Waals surface area contributed by atoms with E-state index in [1.54, 1.807) is 17.8 Å². The van der Waals surface area contributed by atoms with Crippen LogP contribution in [0.3, 0.4) is 0 Å². The summed E-state index contributed by atoms with van der Waals surface area (Å²) < 4.78 is 31.5. The van der Waals surface area contributed by atoms with Crippen LogP contribution in [0.15, 0.2) is 33.7 Å². The summed E-state index contributed by atoms with van der Waals surface area (Å²) in [5.41, 5.74) is 11.9. The molecule has 1 amide bonds. The van der Waals surface area contributed by atoms with Crippen LogP contribution in [-0.4, -0.2) is 44.0 Å². The fraction of sp³-hybridized carbons (Fsp3) is 0.286. The first-order chi connectivity index (χ1) is 11.1. The molecule has 0 bridgehead atoms. The third kappa shape index (κ3) is 7.49. The number of amides is 1. The van der Waals surface area contributed by atoms with Crippen LogP contribution in [0.4, 0.5) is 0 Å². The molecule has 1 heterocycles. The van der Waals surface area contributed by atoms with Crippen molar-refractivity contribution in [2.24, 2.45) is 16.5 Å². The Morgan fingerprint density at radius 2 is 2.00 bits per heavy atom. The van der Waals surface area contributed by atoms with E-state index in [1.807, 2.05) is 24.5 Å². The molecule has 0 aliphatic carbocycles. The Morgan fingerprint density at radius 3 is 2.54 bits per heavy atom. The maximum Gasteiger partial charge on any atom is 0.276 e. The highest BCUT2D eigenvalue weighted by atomic mass is 32.2. The van der Waals surface area contributed by atoms with Gasteiger partial charge in [-0.2, -0.15) is 13.4 Å². The van der Waals surface area contributed by atoms with E-state index in [4.69, 9.17) is 20.8 Å². The molecule has 1 aromatic rings. The highest BCUT2D eigenvalue weighted by Crippen LogP contribution is 2.30. The van der Waals surface area contributed by atoms with Gasteiger partial charge in [-0.25, -0.2) is 0 Å². The molecule has 0 radical (unpaired) electrons. The minimum absolute atomic E-state index is 0.228. The summed E-state index contributed by atoms with van der Waals surface area (Å²) in [7, 11) is -3.67. The van der Waals surface area contributed by atoms with Crippen molar-refractivity contribution in [1.82, 2.24) is 0 Å². The zero-order chi connectivity index (χ0) is 18.3. The number of fused-ring (bicyclic) bond motifs is 1. The predicted molar refractivity (Wildman–Crippen MR) is 94.6 cm³/mol. The molecule has 10 heteroatoms. The maximum atomic E-state index is 11.8. The van der Waals surface area contributed by atoms with E-state index in [0.29, 0.717) is 24.9 Å². The number of carbonyl (C=O) groups is 1. The minimum atomic E-state index is -3.67. The van der Waals surface area contributed by atoms with E-state index >= 15 is 0 Å². The second-order valence-corrected chi connectivity index (χ2v) is 7.09. The summed E-state index contributed by atoms with van der Waals surface area (Å²) in [5, 5.41) is 0. The van der Waals surface area contributed by atoms with Crippen molar-refractivity contribution in [3.63, 3.8) is 0 Å². The number of nitrogens with zero attached hydrogens (tertiary/aromatic N) is 1. The minimum Gasteiger partial charge on any atom is -0.493 e. The van der Waals surface area contributed by atoms with Crippen LogP contribution in [0.2, 0.25) is 0 Å². The average molecular weight is 373 g/mol. The van der Waals surface area contributed by atoms with Gasteiger partial charge in [0.1, 0.15) is 5.75 Å². The summed E-state index contributed by atoms with van der Waals surface area (Å²) in [6.07, 6.45) is 4.98. The van der Waals surface area contributed by atoms with Gasteiger partial charge < -0.3 is 16.2 Å². The summed E-state index contributed by atoms with van der Waals surface area (Å²) in [6.45, 7) is 0.434. The fourth-order valence-corrected chi connectivity index (χ4v) is 2.24. The molecule has 0 aromatic heterocycles. The van der Waals surface area contributed by atoms with Crippen LogP contribution >= 0.6 is 11.8 Å². The molecular formula is C14H19N3O5S2. The number of hydrogen-bond acceptors (Lipinski definition) is 5. The molecule has 5 N–H and O–H groups in total. The second-order valence-electron chi connectivity index (χ2n) is 4.75. The number of benzene rings is 1. The Bertz CT molecular complexity index is 761. The fourth-order valence-electron chi connectivity index (χ4n) is 1.79. The Labute approximate surface area is 144 Å². The Balaban J connectivity index is 0.000000505. The summed E-state index contributed by atoms with van der Waals surface area (Å²) in [4.78, 5) is 16.5. The van der Waals surface area contributed by atoms with Crippen molar-refractivity contribution < 1.29 is 22.5 Å². The van der Waals surface area contributed by atoms with Crippen molar-refractivity contribution in [3.05, 3.63) is 29.3 Å². The summed E-state index contributed by atoms with van der Waals surface area (Å²) in [5.74, 6) is 0.130. The Kier molecular flexibility index (Phi) is 7.26. The Morgan fingerprint density at radius 1 is 1.38 bits per heavy atom. The van der Waals surface area contributed by atoms with Crippen LogP contribution in [0.5, 0.6) is 5.75 Å². The van der Waals surface area contributed by atoms with Crippen molar-refractivity contribution >= 4 is 39.8 Å². The van der Waals surface area contributed by atoms with Crippen LogP contribution in [0.1, 0.15) is 12.0 Å². The van der Waals surface area contributed by atoms with Gasteiger partial charge >= 0.3 is 0 Å². The van der Waals surface area contributed by atoms with Gasteiger partial charge in [0.15, 0.2) is 5.96 Å². The monoisotopic (exact) mass is 373 g/mol. The number of rotatable bonds is 2. The summed E-state index contributed by atoms with van der Waals surface area (Å²) in [6, 6.07) is 5.87. The summed E-state index contributed by atoms with van der Waals surface area (Å²) >= 11 is 1.63. The van der Waals surface area contributed by atoms with Crippen LogP contribution in [-0.2, 0) is 14.9 Å². The van der Waals surface area contributed by atoms with E-state index in [2.05, 4.69) is 4.99 Å². The first-order valence-electron chi connectivity index (χ1n) is 6.68. The molecule has 1 aromatic carbocycles. The lowest BCUT2D eigenvalue weighted by atomic mass is 10.1. The van der Waals surface area contributed by atoms with Gasteiger partial charge in [-0.3, -0.25) is 9.35 Å². The lowest BCUT2D eigenvalue weighted by molar-refractivity contribution is -0.114. The molecule has 0 unspecified atom stereocenters. The third-order valence-corrected chi connectivity index (χ3v) is 3.41. The lowest BCUT2D eigenvalue weighted by Gasteiger charge is -2.06. The number of nitrogens with two attached hydrogens (primary N) is 2. The van der Waals surface area contributed by atoms with E-state index in [-0.39, 0.29) is 5.96 Å². The van der Waals surface area contributed by atoms with Crippen molar-refractivity contribution in [2.75, 3.05) is 19.1 Å². The zero-order valence-electron chi connectivity index (χ0n) is 13.2. The number of aliphatic imine (C=N–C) groups is 1. The smallest absolute Gasteiger partial charge is 0.276 e. The first-order valence-corrected chi connectivity index (χ1v) is 9.75. The third-order valence-electron chi connectivity index (χ3n) is 2.68. The number of ether oxygens (including phenoxy) is 1. The van der Waals surface area contributed by atoms with E-state index in [0.717, 1.165) is 16.2 Å². The second kappa shape index (κ2) is 8.71. The first kappa shape index (κ1) is 20.0. The molecule has 0 spiro atoms. The topological polar surface area (TPSA) is 145 Å². The SMILES string of the molecule is CS(=O)(=O)O.CSc1ccc2c(c1)C=C(C(=O)N=C(N)N)CCO2. The quantitative estimate of drug-likeness (QED) is 0.300.